The fourth-order valence-electron chi connectivity index (χ4n) is 2.44. The lowest BCUT2D eigenvalue weighted by atomic mass is 10.1. The highest BCUT2D eigenvalue weighted by molar-refractivity contribution is 7.14. The Morgan fingerprint density at radius 3 is 2.40 bits per heavy atom. The van der Waals surface area contributed by atoms with E-state index in [2.05, 4.69) is 27.5 Å². The molecule has 0 unspecified atom stereocenters. The van der Waals surface area contributed by atoms with Crippen LogP contribution in [0.4, 0.5) is 5.69 Å². The molecule has 0 aliphatic carbocycles. The number of rotatable bonds is 4. The minimum Gasteiger partial charge on any atom is -0.322 e. The third-order valence-corrected chi connectivity index (χ3v) is 5.32. The lowest BCUT2D eigenvalue weighted by molar-refractivity contribution is 0.102. The number of carbonyl (C=O) groups excluding carboxylic acids is 1. The van der Waals surface area contributed by atoms with E-state index in [9.17, 15) is 4.79 Å². The summed E-state index contributed by atoms with van der Waals surface area (Å²) in [6.07, 6.45) is 0. The third-order valence-electron chi connectivity index (χ3n) is 3.75. The van der Waals surface area contributed by atoms with Crippen LogP contribution < -0.4 is 5.32 Å². The Balaban J connectivity index is 1.50. The molecule has 4 aromatic rings. The van der Waals surface area contributed by atoms with Gasteiger partial charge in [0.15, 0.2) is 0 Å². The maximum atomic E-state index is 12.2. The Hall–Kier alpha value is -2.76. The fourth-order valence-corrected chi connectivity index (χ4v) is 3.98. The maximum Gasteiger partial charge on any atom is 0.255 e. The van der Waals surface area contributed by atoms with Crippen LogP contribution in [0.25, 0.3) is 21.8 Å². The van der Waals surface area contributed by atoms with Gasteiger partial charge in [-0.3, -0.25) is 4.79 Å². The molecule has 3 nitrogen and oxygen atoms in total. The average Bonchev–Trinajstić information content (AvgIpc) is 3.35. The second kappa shape index (κ2) is 7.01. The zero-order valence-corrected chi connectivity index (χ0v) is 14.8. The first-order chi connectivity index (χ1) is 12.3. The number of hydrogen-bond donors (Lipinski definition) is 1. The van der Waals surface area contributed by atoms with Gasteiger partial charge in [-0.25, -0.2) is 4.98 Å². The number of amides is 1. The van der Waals surface area contributed by atoms with E-state index in [1.807, 2.05) is 42.5 Å². The molecule has 1 amide bonds. The van der Waals surface area contributed by atoms with Gasteiger partial charge in [-0.2, -0.15) is 11.3 Å². The summed E-state index contributed by atoms with van der Waals surface area (Å²) in [5, 5.41) is 10.2. The van der Waals surface area contributed by atoms with Gasteiger partial charge >= 0.3 is 0 Å². The highest BCUT2D eigenvalue weighted by atomic mass is 32.1. The Labute approximate surface area is 153 Å². The largest absolute Gasteiger partial charge is 0.322 e. The van der Waals surface area contributed by atoms with Crippen LogP contribution in [0.3, 0.4) is 0 Å². The van der Waals surface area contributed by atoms with Crippen LogP contribution in [0.5, 0.6) is 0 Å². The minimum atomic E-state index is -0.109. The van der Waals surface area contributed by atoms with Crippen molar-refractivity contribution in [3.05, 3.63) is 82.4 Å². The van der Waals surface area contributed by atoms with Crippen LogP contribution in [0, 0.1) is 0 Å². The molecule has 5 heteroatoms. The second-order valence-electron chi connectivity index (χ2n) is 5.45. The predicted octanol–water partition coefficient (Wildman–Crippen LogP) is 5.79. The van der Waals surface area contributed by atoms with Crippen molar-refractivity contribution >= 4 is 34.3 Å². The summed E-state index contributed by atoms with van der Waals surface area (Å²) in [4.78, 5) is 16.9. The Morgan fingerprint density at radius 1 is 0.880 bits per heavy atom. The van der Waals surface area contributed by atoms with Crippen LogP contribution in [0.15, 0.2) is 76.8 Å². The SMILES string of the molecule is O=C(Nc1ccc(-c2csc(-c3ccsc3)n2)cc1)c1ccccc1. The topological polar surface area (TPSA) is 42.0 Å². The summed E-state index contributed by atoms with van der Waals surface area (Å²) in [6, 6.07) is 19.0. The molecule has 4 rings (SSSR count). The van der Waals surface area contributed by atoms with Crippen molar-refractivity contribution in [1.29, 1.82) is 0 Å². The van der Waals surface area contributed by atoms with E-state index in [4.69, 9.17) is 4.98 Å². The van der Waals surface area contributed by atoms with E-state index in [0.29, 0.717) is 5.56 Å². The molecule has 0 fully saturated rings. The summed E-state index contributed by atoms with van der Waals surface area (Å²) in [5.74, 6) is -0.109. The minimum absolute atomic E-state index is 0.109. The van der Waals surface area contributed by atoms with Crippen LogP contribution in [0.2, 0.25) is 0 Å². The third kappa shape index (κ3) is 3.52. The van der Waals surface area contributed by atoms with E-state index >= 15 is 0 Å². The van der Waals surface area contributed by atoms with Crippen LogP contribution in [-0.2, 0) is 0 Å². The summed E-state index contributed by atoms with van der Waals surface area (Å²) in [6.45, 7) is 0. The van der Waals surface area contributed by atoms with Gasteiger partial charge in [0.1, 0.15) is 5.01 Å². The van der Waals surface area contributed by atoms with Gasteiger partial charge in [0, 0.05) is 33.1 Å². The first-order valence-electron chi connectivity index (χ1n) is 7.74. The number of nitrogens with one attached hydrogen (secondary N) is 1. The molecule has 0 spiro atoms. The number of carbonyl (C=O) groups is 1. The number of hydrogen-bond acceptors (Lipinski definition) is 4. The van der Waals surface area contributed by atoms with Gasteiger partial charge in [-0.05, 0) is 35.7 Å². The molecule has 0 aliphatic heterocycles. The average molecular weight is 362 g/mol. The zero-order valence-electron chi connectivity index (χ0n) is 13.2. The van der Waals surface area contributed by atoms with E-state index in [1.165, 1.54) is 0 Å². The molecular weight excluding hydrogens is 348 g/mol. The van der Waals surface area contributed by atoms with Crippen LogP contribution in [0.1, 0.15) is 10.4 Å². The Morgan fingerprint density at radius 2 is 1.68 bits per heavy atom. The van der Waals surface area contributed by atoms with Gasteiger partial charge in [0.25, 0.3) is 5.91 Å². The smallest absolute Gasteiger partial charge is 0.255 e. The zero-order chi connectivity index (χ0) is 17.1. The lowest BCUT2D eigenvalue weighted by Gasteiger charge is -2.06. The molecule has 2 aromatic carbocycles. The molecule has 0 radical (unpaired) electrons. The standard InChI is InChI=1S/C20H14N2OS2/c23-19(15-4-2-1-3-5-15)21-17-8-6-14(7-9-17)18-13-25-20(22-18)16-10-11-24-12-16/h1-13H,(H,21,23). The summed E-state index contributed by atoms with van der Waals surface area (Å²) in [7, 11) is 0. The maximum absolute atomic E-state index is 12.2. The fraction of sp³-hybridized carbons (Fsp3) is 0. The molecule has 2 heterocycles. The van der Waals surface area contributed by atoms with Gasteiger partial charge in [-0.1, -0.05) is 30.3 Å². The van der Waals surface area contributed by atoms with E-state index in [1.54, 1.807) is 34.8 Å². The highest BCUT2D eigenvalue weighted by Crippen LogP contribution is 2.30. The summed E-state index contributed by atoms with van der Waals surface area (Å²) in [5.41, 5.74) is 4.56. The van der Waals surface area contributed by atoms with E-state index in [-0.39, 0.29) is 5.91 Å². The molecule has 0 atom stereocenters. The summed E-state index contributed by atoms with van der Waals surface area (Å²) < 4.78 is 0. The van der Waals surface area contributed by atoms with Gasteiger partial charge in [-0.15, -0.1) is 11.3 Å². The Bertz CT molecular complexity index is 974. The molecule has 25 heavy (non-hydrogen) atoms. The molecule has 1 N–H and O–H groups in total. The first-order valence-corrected chi connectivity index (χ1v) is 9.57. The van der Waals surface area contributed by atoms with Crippen molar-refractivity contribution in [3.8, 4) is 21.8 Å². The Kier molecular flexibility index (Phi) is 4.41. The molecule has 0 saturated heterocycles. The van der Waals surface area contributed by atoms with Crippen molar-refractivity contribution in [2.45, 2.75) is 0 Å². The number of anilines is 1. The number of thiophene rings is 1. The normalized spacial score (nSPS) is 10.6. The number of benzene rings is 2. The van der Waals surface area contributed by atoms with E-state index in [0.717, 1.165) is 27.5 Å². The molecule has 122 valence electrons. The van der Waals surface area contributed by atoms with Gasteiger partial charge in [0.2, 0.25) is 0 Å². The van der Waals surface area contributed by atoms with E-state index < -0.39 is 0 Å². The van der Waals surface area contributed by atoms with Crippen molar-refractivity contribution in [2.24, 2.45) is 0 Å². The van der Waals surface area contributed by atoms with Crippen molar-refractivity contribution in [1.82, 2.24) is 4.98 Å². The molecular formula is C20H14N2OS2. The highest BCUT2D eigenvalue weighted by Gasteiger charge is 2.08. The molecule has 0 aliphatic rings. The molecule has 0 saturated carbocycles. The van der Waals surface area contributed by atoms with Crippen molar-refractivity contribution < 1.29 is 4.79 Å². The second-order valence-corrected chi connectivity index (χ2v) is 7.09. The van der Waals surface area contributed by atoms with Gasteiger partial charge < -0.3 is 5.32 Å². The van der Waals surface area contributed by atoms with Gasteiger partial charge in [0.05, 0.1) is 5.69 Å². The molecule has 2 aromatic heterocycles. The van der Waals surface area contributed by atoms with Crippen molar-refractivity contribution in [3.63, 3.8) is 0 Å². The number of thiazole rings is 1. The molecule has 0 bridgehead atoms. The predicted molar refractivity (Wildman–Crippen MR) is 105 cm³/mol. The monoisotopic (exact) mass is 362 g/mol. The number of aromatic nitrogens is 1. The lowest BCUT2D eigenvalue weighted by Crippen LogP contribution is -2.11. The van der Waals surface area contributed by atoms with Crippen LogP contribution >= 0.6 is 22.7 Å². The summed E-state index contributed by atoms with van der Waals surface area (Å²) >= 11 is 3.31. The van der Waals surface area contributed by atoms with Crippen molar-refractivity contribution in [2.75, 3.05) is 5.32 Å². The quantitative estimate of drug-likeness (QED) is 0.499. The number of nitrogens with zero attached hydrogens (tertiary/aromatic N) is 1. The first kappa shape index (κ1) is 15.7. The van der Waals surface area contributed by atoms with Crippen LogP contribution in [-0.4, -0.2) is 10.9 Å².